The number of nitrogen functional groups attached to an aromatic ring is 1. The van der Waals surface area contributed by atoms with Crippen molar-refractivity contribution in [3.8, 4) is 11.3 Å². The van der Waals surface area contributed by atoms with E-state index in [9.17, 15) is 5.11 Å². The topological polar surface area (TPSA) is 72.3 Å². The minimum Gasteiger partial charge on any atom is -0.390 e. The van der Waals surface area contributed by atoms with E-state index in [0.717, 1.165) is 36.9 Å². The molecule has 1 fully saturated rings. The van der Waals surface area contributed by atoms with Gasteiger partial charge in [0, 0.05) is 11.6 Å². The standard InChI is InChI=1S/C14H16N2O2/c15-13-9-12(16-18-13)11-3-1-10(2-4-11)5-6-14(17)7-8-14/h1-4,9,17H,5-8,15H2. The van der Waals surface area contributed by atoms with Crippen LogP contribution in [0.4, 0.5) is 5.88 Å². The average molecular weight is 244 g/mol. The number of benzene rings is 1. The molecule has 0 radical (unpaired) electrons. The lowest BCUT2D eigenvalue weighted by Crippen LogP contribution is -2.07. The van der Waals surface area contributed by atoms with Gasteiger partial charge in [0.25, 0.3) is 0 Å². The van der Waals surface area contributed by atoms with Gasteiger partial charge in [0.15, 0.2) is 0 Å². The van der Waals surface area contributed by atoms with Crippen LogP contribution >= 0.6 is 0 Å². The summed E-state index contributed by atoms with van der Waals surface area (Å²) in [6, 6.07) is 9.84. The van der Waals surface area contributed by atoms with E-state index in [4.69, 9.17) is 10.3 Å². The number of aliphatic hydroxyl groups is 1. The van der Waals surface area contributed by atoms with Crippen molar-refractivity contribution >= 4 is 5.88 Å². The lowest BCUT2D eigenvalue weighted by molar-refractivity contribution is 0.140. The molecule has 0 saturated heterocycles. The van der Waals surface area contributed by atoms with E-state index in [2.05, 4.69) is 17.3 Å². The quantitative estimate of drug-likeness (QED) is 0.866. The van der Waals surface area contributed by atoms with E-state index in [0.29, 0.717) is 5.88 Å². The minimum atomic E-state index is -0.376. The SMILES string of the molecule is Nc1cc(-c2ccc(CCC3(O)CC3)cc2)no1. The molecule has 0 unspecified atom stereocenters. The number of nitrogens with zero attached hydrogens (tertiary/aromatic N) is 1. The Morgan fingerprint density at radius 1 is 1.28 bits per heavy atom. The van der Waals surface area contributed by atoms with Crippen molar-refractivity contribution in [1.29, 1.82) is 0 Å². The normalized spacial score (nSPS) is 16.7. The zero-order valence-electron chi connectivity index (χ0n) is 10.1. The van der Waals surface area contributed by atoms with Crippen LogP contribution in [0.1, 0.15) is 24.8 Å². The summed E-state index contributed by atoms with van der Waals surface area (Å²) >= 11 is 0. The highest BCUT2D eigenvalue weighted by Gasteiger charge is 2.39. The van der Waals surface area contributed by atoms with Gasteiger partial charge in [-0.2, -0.15) is 0 Å². The van der Waals surface area contributed by atoms with Gasteiger partial charge in [0.1, 0.15) is 5.69 Å². The van der Waals surface area contributed by atoms with Crippen LogP contribution in [0.3, 0.4) is 0 Å². The molecular weight excluding hydrogens is 228 g/mol. The van der Waals surface area contributed by atoms with Gasteiger partial charge in [0.05, 0.1) is 5.60 Å². The van der Waals surface area contributed by atoms with Crippen molar-refractivity contribution < 1.29 is 9.63 Å². The van der Waals surface area contributed by atoms with Gasteiger partial charge in [-0.15, -0.1) is 0 Å². The van der Waals surface area contributed by atoms with E-state index >= 15 is 0 Å². The van der Waals surface area contributed by atoms with Crippen molar-refractivity contribution in [2.24, 2.45) is 0 Å². The molecule has 3 rings (SSSR count). The van der Waals surface area contributed by atoms with Crippen LogP contribution in [0.5, 0.6) is 0 Å². The third kappa shape index (κ3) is 2.38. The van der Waals surface area contributed by atoms with Crippen LogP contribution in [-0.4, -0.2) is 15.9 Å². The second-order valence-electron chi connectivity index (χ2n) is 5.04. The molecule has 1 aliphatic rings. The molecule has 1 aromatic carbocycles. The third-order valence-electron chi connectivity index (χ3n) is 3.48. The summed E-state index contributed by atoms with van der Waals surface area (Å²) in [5, 5.41) is 13.7. The molecule has 1 aromatic heterocycles. The number of hydrogen-bond donors (Lipinski definition) is 2. The van der Waals surface area contributed by atoms with Gasteiger partial charge in [-0.1, -0.05) is 29.4 Å². The minimum absolute atomic E-state index is 0.324. The molecule has 0 spiro atoms. The van der Waals surface area contributed by atoms with E-state index in [1.807, 2.05) is 12.1 Å². The number of rotatable bonds is 4. The Bertz CT molecular complexity index is 541. The van der Waals surface area contributed by atoms with E-state index in [-0.39, 0.29) is 5.60 Å². The lowest BCUT2D eigenvalue weighted by Gasteiger charge is -2.07. The zero-order chi connectivity index (χ0) is 12.6. The molecule has 0 atom stereocenters. The van der Waals surface area contributed by atoms with Crippen LogP contribution < -0.4 is 5.73 Å². The molecule has 1 saturated carbocycles. The maximum absolute atomic E-state index is 9.79. The molecule has 4 heteroatoms. The van der Waals surface area contributed by atoms with Gasteiger partial charge in [-0.25, -0.2) is 0 Å². The average Bonchev–Trinajstić information content (AvgIpc) is 2.95. The number of aryl methyl sites for hydroxylation is 1. The lowest BCUT2D eigenvalue weighted by atomic mass is 10.0. The molecule has 1 heterocycles. The fraction of sp³-hybridized carbons (Fsp3) is 0.357. The first-order chi connectivity index (χ1) is 8.65. The van der Waals surface area contributed by atoms with Crippen molar-refractivity contribution in [3.63, 3.8) is 0 Å². The molecule has 94 valence electrons. The largest absolute Gasteiger partial charge is 0.390 e. The maximum Gasteiger partial charge on any atom is 0.222 e. The summed E-state index contributed by atoms with van der Waals surface area (Å²) in [4.78, 5) is 0. The Labute approximate surface area is 105 Å². The smallest absolute Gasteiger partial charge is 0.222 e. The van der Waals surface area contributed by atoms with E-state index in [1.165, 1.54) is 5.56 Å². The number of hydrogen-bond acceptors (Lipinski definition) is 4. The first kappa shape index (κ1) is 11.3. The second kappa shape index (κ2) is 4.14. The number of aromatic nitrogens is 1. The zero-order valence-corrected chi connectivity index (χ0v) is 10.1. The summed E-state index contributed by atoms with van der Waals surface area (Å²) < 4.78 is 4.84. The fourth-order valence-electron chi connectivity index (χ4n) is 2.04. The first-order valence-electron chi connectivity index (χ1n) is 6.19. The molecule has 2 aromatic rings. The van der Waals surface area contributed by atoms with Crippen molar-refractivity contribution in [2.75, 3.05) is 5.73 Å². The molecule has 1 aliphatic carbocycles. The van der Waals surface area contributed by atoms with Crippen LogP contribution in [0.2, 0.25) is 0 Å². The second-order valence-corrected chi connectivity index (χ2v) is 5.04. The number of anilines is 1. The predicted octanol–water partition coefficient (Wildman–Crippen LogP) is 2.38. The molecule has 0 aliphatic heterocycles. The molecule has 18 heavy (non-hydrogen) atoms. The highest BCUT2D eigenvalue weighted by atomic mass is 16.5. The van der Waals surface area contributed by atoms with Crippen LogP contribution in [-0.2, 0) is 6.42 Å². The Morgan fingerprint density at radius 2 is 2.00 bits per heavy atom. The van der Waals surface area contributed by atoms with E-state index < -0.39 is 0 Å². The van der Waals surface area contributed by atoms with Crippen LogP contribution in [0.25, 0.3) is 11.3 Å². The molecule has 3 N–H and O–H groups in total. The van der Waals surface area contributed by atoms with Gasteiger partial charge in [-0.3, -0.25) is 0 Å². The summed E-state index contributed by atoms with van der Waals surface area (Å²) in [5.41, 5.74) is 8.09. The Kier molecular flexibility index (Phi) is 2.59. The van der Waals surface area contributed by atoms with Crippen molar-refractivity contribution in [3.05, 3.63) is 35.9 Å². The maximum atomic E-state index is 9.79. The molecule has 0 bridgehead atoms. The van der Waals surface area contributed by atoms with Gasteiger partial charge in [0.2, 0.25) is 5.88 Å². The molecule has 0 amide bonds. The van der Waals surface area contributed by atoms with Crippen molar-refractivity contribution in [2.45, 2.75) is 31.3 Å². The van der Waals surface area contributed by atoms with Crippen molar-refractivity contribution in [1.82, 2.24) is 5.16 Å². The third-order valence-corrected chi connectivity index (χ3v) is 3.48. The summed E-state index contributed by atoms with van der Waals surface area (Å²) in [5.74, 6) is 0.324. The van der Waals surface area contributed by atoms with E-state index in [1.54, 1.807) is 6.07 Å². The Hall–Kier alpha value is -1.81. The van der Waals surface area contributed by atoms with Gasteiger partial charge >= 0.3 is 0 Å². The highest BCUT2D eigenvalue weighted by molar-refractivity contribution is 5.61. The highest BCUT2D eigenvalue weighted by Crippen LogP contribution is 2.39. The van der Waals surface area contributed by atoms with Gasteiger partial charge in [-0.05, 0) is 31.2 Å². The van der Waals surface area contributed by atoms with Crippen LogP contribution in [0.15, 0.2) is 34.9 Å². The summed E-state index contributed by atoms with van der Waals surface area (Å²) in [6.07, 6.45) is 3.66. The Morgan fingerprint density at radius 3 is 2.56 bits per heavy atom. The number of nitrogens with two attached hydrogens (primary N) is 1. The monoisotopic (exact) mass is 244 g/mol. The van der Waals surface area contributed by atoms with Gasteiger partial charge < -0.3 is 15.4 Å². The summed E-state index contributed by atoms with van der Waals surface area (Å²) in [6.45, 7) is 0. The van der Waals surface area contributed by atoms with Crippen LogP contribution in [0, 0.1) is 0 Å². The Balaban J connectivity index is 1.68. The molecular formula is C14H16N2O2. The predicted molar refractivity (Wildman–Crippen MR) is 68.9 cm³/mol. The summed E-state index contributed by atoms with van der Waals surface area (Å²) in [7, 11) is 0. The fourth-order valence-corrected chi connectivity index (χ4v) is 2.04. The molecule has 4 nitrogen and oxygen atoms in total. The first-order valence-corrected chi connectivity index (χ1v) is 6.19.